The minimum Gasteiger partial charge on any atom is -0.497 e. The Morgan fingerprint density at radius 1 is 1.17 bits per heavy atom. The third-order valence-electron chi connectivity index (χ3n) is 6.53. The molecule has 188 valence electrons. The molecule has 10 heteroatoms. The van der Waals surface area contributed by atoms with Crippen LogP contribution in [0.1, 0.15) is 29.5 Å². The summed E-state index contributed by atoms with van der Waals surface area (Å²) in [5.41, 5.74) is 7.24. The number of rotatable bonds is 7. The lowest BCUT2D eigenvalue weighted by atomic mass is 10.0. The van der Waals surface area contributed by atoms with Gasteiger partial charge >= 0.3 is 0 Å². The second-order valence-corrected chi connectivity index (χ2v) is 9.21. The summed E-state index contributed by atoms with van der Waals surface area (Å²) >= 11 is 0. The highest BCUT2D eigenvalue weighted by atomic mass is 16.5. The van der Waals surface area contributed by atoms with Gasteiger partial charge < -0.3 is 15.4 Å². The lowest BCUT2D eigenvalue weighted by Gasteiger charge is -2.37. The SMILES string of the molecule is COc1ccc(CCC(=O)Nc2cc(C)nn2C2NC(=O)C3CNN(c4cccc(C)c4)C3N2)cc1. The number of aromatic nitrogens is 2. The van der Waals surface area contributed by atoms with Gasteiger partial charge in [-0.15, -0.1) is 0 Å². The van der Waals surface area contributed by atoms with Crippen molar-refractivity contribution in [1.82, 2.24) is 25.8 Å². The molecule has 2 aliphatic rings. The Balaban J connectivity index is 1.29. The normalized spacial score (nSPS) is 21.1. The summed E-state index contributed by atoms with van der Waals surface area (Å²) < 4.78 is 6.81. The molecule has 2 aliphatic heterocycles. The summed E-state index contributed by atoms with van der Waals surface area (Å²) in [6.07, 6.45) is 0.0316. The predicted octanol–water partition coefficient (Wildman–Crippen LogP) is 2.22. The van der Waals surface area contributed by atoms with Gasteiger partial charge in [0.25, 0.3) is 0 Å². The van der Waals surface area contributed by atoms with E-state index in [2.05, 4.69) is 32.5 Å². The Labute approximate surface area is 210 Å². The fourth-order valence-corrected chi connectivity index (χ4v) is 4.68. The summed E-state index contributed by atoms with van der Waals surface area (Å²) in [5.74, 6) is 0.843. The van der Waals surface area contributed by atoms with Crippen LogP contribution in [0.15, 0.2) is 54.6 Å². The van der Waals surface area contributed by atoms with Crippen molar-refractivity contribution in [3.05, 3.63) is 71.4 Å². The standard InChI is InChI=1S/C26H31N7O3/c1-16-5-4-6-19(13-16)32-24-21(15-27-32)25(35)30-26(29-24)33-22(14-17(2)31-33)28-23(34)12-9-18-7-10-20(36-3)11-8-18/h4-8,10-11,13-14,21,24,26-27,29H,9,12,15H2,1-3H3,(H,28,34)(H,30,35). The second kappa shape index (κ2) is 10.00. The van der Waals surface area contributed by atoms with Crippen LogP contribution in [-0.2, 0) is 16.0 Å². The molecule has 3 aromatic rings. The van der Waals surface area contributed by atoms with Crippen LogP contribution >= 0.6 is 0 Å². The molecule has 0 aliphatic carbocycles. The number of amides is 2. The van der Waals surface area contributed by atoms with Gasteiger partial charge in [-0.1, -0.05) is 24.3 Å². The van der Waals surface area contributed by atoms with Gasteiger partial charge in [0.1, 0.15) is 17.7 Å². The first-order chi connectivity index (χ1) is 17.4. The van der Waals surface area contributed by atoms with E-state index in [9.17, 15) is 9.59 Å². The highest BCUT2D eigenvalue weighted by Gasteiger charge is 2.45. The number of aryl methyl sites for hydroxylation is 3. The van der Waals surface area contributed by atoms with Gasteiger partial charge in [-0.2, -0.15) is 5.10 Å². The Morgan fingerprint density at radius 3 is 2.72 bits per heavy atom. The van der Waals surface area contributed by atoms with Crippen LogP contribution in [0.4, 0.5) is 11.5 Å². The van der Waals surface area contributed by atoms with Crippen LogP contribution in [0.3, 0.4) is 0 Å². The number of carbonyl (C=O) groups is 2. The largest absolute Gasteiger partial charge is 0.497 e. The zero-order valence-electron chi connectivity index (χ0n) is 20.6. The third kappa shape index (κ3) is 4.91. The molecule has 2 aromatic carbocycles. The van der Waals surface area contributed by atoms with Crippen molar-refractivity contribution < 1.29 is 14.3 Å². The number of hydrogen-bond acceptors (Lipinski definition) is 7. The zero-order chi connectivity index (χ0) is 25.2. The van der Waals surface area contributed by atoms with Gasteiger partial charge in [0.2, 0.25) is 11.8 Å². The van der Waals surface area contributed by atoms with E-state index in [1.807, 2.05) is 61.3 Å². The molecule has 3 heterocycles. The highest BCUT2D eigenvalue weighted by molar-refractivity contribution is 5.90. The number of nitrogens with zero attached hydrogens (tertiary/aromatic N) is 3. The van der Waals surface area contributed by atoms with Gasteiger partial charge in [-0.05, 0) is 55.7 Å². The fraction of sp³-hybridized carbons (Fsp3) is 0.346. The smallest absolute Gasteiger partial charge is 0.230 e. The number of nitrogens with one attached hydrogen (secondary N) is 4. The van der Waals surface area contributed by atoms with E-state index >= 15 is 0 Å². The number of anilines is 2. The van der Waals surface area contributed by atoms with Crippen molar-refractivity contribution in [2.45, 2.75) is 39.1 Å². The molecule has 10 nitrogen and oxygen atoms in total. The van der Waals surface area contributed by atoms with Crippen molar-refractivity contribution in [2.24, 2.45) is 5.92 Å². The first kappa shape index (κ1) is 23.8. The lowest BCUT2D eigenvalue weighted by Crippen LogP contribution is -2.61. The zero-order valence-corrected chi connectivity index (χ0v) is 20.6. The first-order valence-corrected chi connectivity index (χ1v) is 12.1. The third-order valence-corrected chi connectivity index (χ3v) is 6.53. The molecule has 0 bridgehead atoms. The summed E-state index contributed by atoms with van der Waals surface area (Å²) in [6, 6.07) is 17.6. The Hall–Kier alpha value is -3.89. The van der Waals surface area contributed by atoms with E-state index in [0.717, 1.165) is 28.3 Å². The average Bonchev–Trinajstić information content (AvgIpc) is 3.46. The van der Waals surface area contributed by atoms with Gasteiger partial charge in [0, 0.05) is 19.0 Å². The van der Waals surface area contributed by atoms with Crippen molar-refractivity contribution in [3.63, 3.8) is 0 Å². The number of fused-ring (bicyclic) bond motifs is 1. The Bertz CT molecular complexity index is 1260. The minimum atomic E-state index is -0.614. The molecular formula is C26H31N7O3. The van der Waals surface area contributed by atoms with E-state index in [0.29, 0.717) is 25.2 Å². The average molecular weight is 490 g/mol. The lowest BCUT2D eigenvalue weighted by molar-refractivity contribution is -0.129. The van der Waals surface area contributed by atoms with Crippen molar-refractivity contribution in [1.29, 1.82) is 0 Å². The Morgan fingerprint density at radius 2 is 1.97 bits per heavy atom. The molecule has 0 spiro atoms. The minimum absolute atomic E-state index is 0.0728. The maximum absolute atomic E-state index is 13.0. The van der Waals surface area contributed by atoms with E-state index < -0.39 is 6.29 Å². The Kier molecular flexibility index (Phi) is 6.62. The number of methoxy groups -OCH3 is 1. The van der Waals surface area contributed by atoms with E-state index in [1.165, 1.54) is 0 Å². The second-order valence-electron chi connectivity index (χ2n) is 9.21. The molecule has 36 heavy (non-hydrogen) atoms. The maximum Gasteiger partial charge on any atom is 0.230 e. The summed E-state index contributed by atoms with van der Waals surface area (Å²) in [7, 11) is 1.63. The van der Waals surface area contributed by atoms with Crippen LogP contribution in [0, 0.1) is 19.8 Å². The first-order valence-electron chi connectivity index (χ1n) is 12.1. The topological polar surface area (TPSA) is 113 Å². The van der Waals surface area contributed by atoms with Crippen LogP contribution < -0.4 is 31.1 Å². The van der Waals surface area contributed by atoms with Gasteiger partial charge in [-0.3, -0.25) is 19.9 Å². The number of hydrogen-bond donors (Lipinski definition) is 4. The molecule has 2 saturated heterocycles. The number of benzene rings is 2. The van der Waals surface area contributed by atoms with E-state index in [4.69, 9.17) is 4.74 Å². The van der Waals surface area contributed by atoms with Crippen molar-refractivity contribution >= 4 is 23.3 Å². The number of ether oxygens (including phenoxy) is 1. The molecule has 4 N–H and O–H groups in total. The van der Waals surface area contributed by atoms with Gasteiger partial charge in [0.15, 0.2) is 6.29 Å². The fourth-order valence-electron chi connectivity index (χ4n) is 4.68. The van der Waals surface area contributed by atoms with Crippen LogP contribution in [0.2, 0.25) is 0 Å². The van der Waals surface area contributed by atoms with Crippen LogP contribution in [-0.4, -0.2) is 41.4 Å². The molecule has 0 radical (unpaired) electrons. The molecule has 1 aromatic heterocycles. The molecule has 2 amide bonds. The van der Waals surface area contributed by atoms with Crippen LogP contribution in [0.5, 0.6) is 5.75 Å². The molecule has 5 rings (SSSR count). The van der Waals surface area contributed by atoms with Crippen molar-refractivity contribution in [2.75, 3.05) is 24.0 Å². The molecular weight excluding hydrogens is 458 g/mol. The van der Waals surface area contributed by atoms with Gasteiger partial charge in [0.05, 0.1) is 24.4 Å². The molecule has 3 unspecified atom stereocenters. The highest BCUT2D eigenvalue weighted by Crippen LogP contribution is 2.28. The predicted molar refractivity (Wildman–Crippen MR) is 136 cm³/mol. The van der Waals surface area contributed by atoms with E-state index in [1.54, 1.807) is 17.9 Å². The summed E-state index contributed by atoms with van der Waals surface area (Å²) in [6.45, 7) is 4.42. The summed E-state index contributed by atoms with van der Waals surface area (Å²) in [4.78, 5) is 25.8. The van der Waals surface area contributed by atoms with E-state index in [-0.39, 0.29) is 23.9 Å². The van der Waals surface area contributed by atoms with Crippen molar-refractivity contribution in [3.8, 4) is 5.75 Å². The molecule has 2 fully saturated rings. The number of hydrazine groups is 1. The number of carbonyl (C=O) groups excluding carboxylic acids is 2. The quantitative estimate of drug-likeness (QED) is 0.403. The van der Waals surface area contributed by atoms with Crippen LogP contribution in [0.25, 0.3) is 0 Å². The summed E-state index contributed by atoms with van der Waals surface area (Å²) in [5, 5.41) is 16.0. The molecule has 0 saturated carbocycles. The molecule has 3 atom stereocenters. The van der Waals surface area contributed by atoms with Gasteiger partial charge in [-0.25, -0.2) is 10.1 Å². The maximum atomic E-state index is 13.0. The monoisotopic (exact) mass is 489 g/mol.